The van der Waals surface area contributed by atoms with E-state index in [1.807, 2.05) is 34.6 Å². The molecule has 0 rings (SSSR count). The highest BCUT2D eigenvalue weighted by atomic mass is 16.7. The van der Waals surface area contributed by atoms with E-state index in [2.05, 4.69) is 0 Å². The molecule has 0 aromatic heterocycles. The number of ether oxygens (including phenoxy) is 1. The number of nitrogens with zero attached hydrogens (tertiary/aromatic N) is 2. The molecule has 0 spiro atoms. The molecule has 0 aliphatic rings. The zero-order chi connectivity index (χ0) is 16.1. The van der Waals surface area contributed by atoms with Gasteiger partial charge in [0.2, 0.25) is 5.91 Å². The highest BCUT2D eigenvalue weighted by molar-refractivity contribution is 5.76. The van der Waals surface area contributed by atoms with Gasteiger partial charge in [-0.05, 0) is 26.7 Å². The van der Waals surface area contributed by atoms with Crippen LogP contribution in [0.1, 0.15) is 41.0 Å². The Bertz CT molecular complexity index is 337. The molecule has 118 valence electrons. The third-order valence-corrected chi connectivity index (χ3v) is 2.96. The van der Waals surface area contributed by atoms with Gasteiger partial charge in [-0.25, -0.2) is 9.86 Å². The second kappa shape index (κ2) is 7.47. The van der Waals surface area contributed by atoms with Gasteiger partial charge in [-0.2, -0.15) is 0 Å². The van der Waals surface area contributed by atoms with Gasteiger partial charge in [-0.15, -0.1) is 0 Å². The molecule has 0 saturated heterocycles. The summed E-state index contributed by atoms with van der Waals surface area (Å²) >= 11 is 0. The van der Waals surface area contributed by atoms with E-state index in [9.17, 15) is 9.59 Å². The molecule has 6 nitrogen and oxygen atoms in total. The summed E-state index contributed by atoms with van der Waals surface area (Å²) in [4.78, 5) is 30.3. The molecule has 0 aliphatic carbocycles. The summed E-state index contributed by atoms with van der Waals surface area (Å²) in [5, 5.41) is 1.16. The monoisotopic (exact) mass is 288 g/mol. The maximum atomic E-state index is 12.1. The van der Waals surface area contributed by atoms with Gasteiger partial charge in [0, 0.05) is 26.6 Å². The highest BCUT2D eigenvalue weighted by Crippen LogP contribution is 2.18. The van der Waals surface area contributed by atoms with E-state index in [4.69, 9.17) is 9.57 Å². The van der Waals surface area contributed by atoms with Crippen LogP contribution >= 0.6 is 0 Å². The van der Waals surface area contributed by atoms with Crippen LogP contribution in [-0.2, 0) is 14.4 Å². The number of hydrogen-bond donors (Lipinski definition) is 0. The number of amides is 2. The first-order valence-corrected chi connectivity index (χ1v) is 6.76. The first-order valence-electron chi connectivity index (χ1n) is 6.76. The van der Waals surface area contributed by atoms with Gasteiger partial charge < -0.3 is 9.64 Å². The van der Waals surface area contributed by atoms with E-state index in [-0.39, 0.29) is 24.3 Å². The van der Waals surface area contributed by atoms with Crippen molar-refractivity contribution >= 4 is 12.0 Å². The van der Waals surface area contributed by atoms with Gasteiger partial charge >= 0.3 is 6.09 Å². The fourth-order valence-electron chi connectivity index (χ4n) is 1.70. The Morgan fingerprint density at radius 3 is 2.00 bits per heavy atom. The van der Waals surface area contributed by atoms with Crippen molar-refractivity contribution in [1.82, 2.24) is 9.96 Å². The predicted molar refractivity (Wildman–Crippen MR) is 77.0 cm³/mol. The van der Waals surface area contributed by atoms with E-state index in [0.717, 1.165) is 5.06 Å². The zero-order valence-electron chi connectivity index (χ0n) is 13.9. The Morgan fingerprint density at radius 1 is 1.15 bits per heavy atom. The normalized spacial score (nSPS) is 13.1. The summed E-state index contributed by atoms with van der Waals surface area (Å²) in [5.41, 5.74) is -0.555. The van der Waals surface area contributed by atoms with Gasteiger partial charge in [0.15, 0.2) is 0 Å². The topological polar surface area (TPSA) is 59.1 Å². The van der Waals surface area contributed by atoms with Crippen LogP contribution in [0.25, 0.3) is 0 Å². The smallest absolute Gasteiger partial charge is 0.410 e. The Kier molecular flexibility index (Phi) is 6.99. The first-order chi connectivity index (χ1) is 8.99. The Morgan fingerprint density at radius 2 is 1.65 bits per heavy atom. The van der Waals surface area contributed by atoms with E-state index in [1.54, 1.807) is 14.1 Å². The zero-order valence-corrected chi connectivity index (χ0v) is 13.9. The molecule has 0 radical (unpaired) electrons. The Hall–Kier alpha value is -1.30. The lowest BCUT2D eigenvalue weighted by Gasteiger charge is -2.33. The number of carbonyl (C=O) groups is 2. The van der Waals surface area contributed by atoms with E-state index < -0.39 is 11.7 Å². The summed E-state index contributed by atoms with van der Waals surface area (Å²) in [6.07, 6.45) is -0.235. The highest BCUT2D eigenvalue weighted by Gasteiger charge is 2.29. The van der Waals surface area contributed by atoms with Crippen LogP contribution < -0.4 is 0 Å². The summed E-state index contributed by atoms with van der Waals surface area (Å²) in [5.74, 6) is -0.0525. The molecule has 6 heteroatoms. The number of hydrogen-bond acceptors (Lipinski definition) is 4. The summed E-state index contributed by atoms with van der Waals surface area (Å²) in [6, 6.07) is -0.241. The standard InChI is InChI=1S/C14H28N2O4/c1-10(2)11(9-12(17)16(7)19-8)15(6)13(18)20-14(3,4)5/h10-11H,9H2,1-8H3. The minimum absolute atomic E-state index is 0.127. The van der Waals surface area contributed by atoms with Gasteiger partial charge in [-0.1, -0.05) is 13.8 Å². The summed E-state index contributed by atoms with van der Waals surface area (Å²) in [6.45, 7) is 9.37. The van der Waals surface area contributed by atoms with Gasteiger partial charge in [-0.3, -0.25) is 9.63 Å². The van der Waals surface area contributed by atoms with Crippen molar-refractivity contribution in [3.8, 4) is 0 Å². The first kappa shape index (κ1) is 18.7. The average molecular weight is 288 g/mol. The van der Waals surface area contributed by atoms with E-state index in [0.29, 0.717) is 0 Å². The van der Waals surface area contributed by atoms with Crippen LogP contribution in [0.15, 0.2) is 0 Å². The third kappa shape index (κ3) is 6.23. The maximum Gasteiger partial charge on any atom is 0.410 e. The quantitative estimate of drug-likeness (QED) is 0.728. The van der Waals surface area contributed by atoms with Crippen molar-refractivity contribution < 1.29 is 19.2 Å². The van der Waals surface area contributed by atoms with Crippen molar-refractivity contribution in [1.29, 1.82) is 0 Å². The second-order valence-electron chi connectivity index (χ2n) is 6.18. The summed E-state index contributed by atoms with van der Waals surface area (Å²) in [7, 11) is 4.63. The summed E-state index contributed by atoms with van der Waals surface area (Å²) < 4.78 is 5.33. The molecule has 1 atom stereocenters. The molecule has 2 amide bonds. The molecule has 0 bridgehead atoms. The molecule has 0 aromatic carbocycles. The van der Waals surface area contributed by atoms with Gasteiger partial charge in [0.1, 0.15) is 5.60 Å². The Labute approximate surface area is 122 Å². The van der Waals surface area contributed by atoms with Crippen LogP contribution in [0.4, 0.5) is 4.79 Å². The van der Waals surface area contributed by atoms with Crippen LogP contribution in [0.2, 0.25) is 0 Å². The number of rotatable bonds is 5. The SMILES string of the molecule is CON(C)C(=O)CC(C(C)C)N(C)C(=O)OC(C)(C)C. The molecule has 20 heavy (non-hydrogen) atoms. The fraction of sp³-hybridized carbons (Fsp3) is 0.857. The molecule has 0 fully saturated rings. The predicted octanol–water partition coefficient (Wildman–Crippen LogP) is 2.29. The molecular formula is C14H28N2O4. The molecule has 0 heterocycles. The van der Waals surface area contributed by atoms with Crippen molar-refractivity contribution in [2.24, 2.45) is 5.92 Å². The molecular weight excluding hydrogens is 260 g/mol. The minimum atomic E-state index is -0.555. The lowest BCUT2D eigenvalue weighted by molar-refractivity contribution is -0.170. The van der Waals surface area contributed by atoms with Crippen molar-refractivity contribution in [2.45, 2.75) is 52.7 Å². The molecule has 1 unspecified atom stereocenters. The number of carbonyl (C=O) groups excluding carboxylic acids is 2. The minimum Gasteiger partial charge on any atom is -0.444 e. The average Bonchev–Trinajstić information content (AvgIpc) is 2.31. The molecule has 0 N–H and O–H groups in total. The van der Waals surface area contributed by atoms with Crippen LogP contribution in [-0.4, -0.2) is 54.8 Å². The van der Waals surface area contributed by atoms with E-state index in [1.165, 1.54) is 12.0 Å². The second-order valence-corrected chi connectivity index (χ2v) is 6.18. The fourth-order valence-corrected chi connectivity index (χ4v) is 1.70. The Balaban J connectivity index is 4.83. The molecule has 0 aliphatic heterocycles. The van der Waals surface area contributed by atoms with Crippen molar-refractivity contribution in [3.63, 3.8) is 0 Å². The third-order valence-electron chi connectivity index (χ3n) is 2.96. The largest absolute Gasteiger partial charge is 0.444 e. The lowest BCUT2D eigenvalue weighted by Crippen LogP contribution is -2.45. The maximum absolute atomic E-state index is 12.1. The van der Waals surface area contributed by atoms with Crippen molar-refractivity contribution in [2.75, 3.05) is 21.2 Å². The van der Waals surface area contributed by atoms with Gasteiger partial charge in [0.25, 0.3) is 0 Å². The van der Waals surface area contributed by atoms with Crippen LogP contribution in [0.5, 0.6) is 0 Å². The lowest BCUT2D eigenvalue weighted by atomic mass is 9.99. The number of hydroxylamine groups is 2. The van der Waals surface area contributed by atoms with Gasteiger partial charge in [0.05, 0.1) is 7.11 Å². The van der Waals surface area contributed by atoms with Crippen molar-refractivity contribution in [3.05, 3.63) is 0 Å². The van der Waals surface area contributed by atoms with E-state index >= 15 is 0 Å². The molecule has 0 aromatic rings. The van der Waals surface area contributed by atoms with Crippen LogP contribution in [0.3, 0.4) is 0 Å². The van der Waals surface area contributed by atoms with Crippen LogP contribution in [0, 0.1) is 5.92 Å². The molecule has 0 saturated carbocycles.